The van der Waals surface area contributed by atoms with Crippen LogP contribution in [-0.2, 0) is 14.8 Å². The fraction of sp³-hybridized carbons (Fsp3) is 0.500. The van der Waals surface area contributed by atoms with Gasteiger partial charge in [-0.1, -0.05) is 6.92 Å². The number of likely N-dealkylation sites (N-methyl/N-ethyl adjacent to an activating group) is 1. The van der Waals surface area contributed by atoms with Crippen molar-refractivity contribution in [3.8, 4) is 6.07 Å². The number of benzene rings is 1. The Hall–Kier alpha value is -1.42. The highest BCUT2D eigenvalue weighted by Crippen LogP contribution is 2.20. The Kier molecular flexibility index (Phi) is 4.76. The van der Waals surface area contributed by atoms with Crippen molar-refractivity contribution in [3.63, 3.8) is 0 Å². The van der Waals surface area contributed by atoms with Crippen molar-refractivity contribution in [2.45, 2.75) is 30.8 Å². The minimum atomic E-state index is -3.52. The highest BCUT2D eigenvalue weighted by molar-refractivity contribution is 7.89. The molecule has 1 unspecified atom stereocenters. The van der Waals surface area contributed by atoms with Gasteiger partial charge in [0, 0.05) is 19.7 Å². The van der Waals surface area contributed by atoms with Crippen LogP contribution in [0.2, 0.25) is 0 Å². The second-order valence-electron chi connectivity index (χ2n) is 4.73. The van der Waals surface area contributed by atoms with Crippen LogP contribution in [0.15, 0.2) is 29.2 Å². The number of rotatable bonds is 5. The van der Waals surface area contributed by atoms with E-state index in [9.17, 15) is 8.42 Å². The number of nitriles is 1. The molecule has 0 aliphatic carbocycles. The second kappa shape index (κ2) is 6.35. The van der Waals surface area contributed by atoms with E-state index in [2.05, 4.69) is 0 Å². The summed E-state index contributed by atoms with van der Waals surface area (Å²) >= 11 is 0. The molecule has 1 aliphatic rings. The van der Waals surface area contributed by atoms with Crippen LogP contribution in [0.4, 0.5) is 0 Å². The van der Waals surface area contributed by atoms with Gasteiger partial charge in [-0.3, -0.25) is 0 Å². The lowest BCUT2D eigenvalue weighted by molar-refractivity contribution is 0.0947. The van der Waals surface area contributed by atoms with Crippen LogP contribution < -0.4 is 0 Å². The summed E-state index contributed by atoms with van der Waals surface area (Å²) in [4.78, 5) is 0.219. The molecule has 0 bridgehead atoms. The summed E-state index contributed by atoms with van der Waals surface area (Å²) in [7, 11) is -3.52. The minimum absolute atomic E-state index is 0.0110. The third-order valence-electron chi connectivity index (χ3n) is 3.41. The van der Waals surface area contributed by atoms with Gasteiger partial charge in [0.05, 0.1) is 22.6 Å². The summed E-state index contributed by atoms with van der Waals surface area (Å²) in [6, 6.07) is 7.98. The van der Waals surface area contributed by atoms with E-state index in [-0.39, 0.29) is 11.0 Å². The van der Waals surface area contributed by atoms with Crippen molar-refractivity contribution in [3.05, 3.63) is 29.8 Å². The Labute approximate surface area is 119 Å². The maximum absolute atomic E-state index is 12.5. The Morgan fingerprint density at radius 1 is 1.40 bits per heavy atom. The van der Waals surface area contributed by atoms with Gasteiger partial charge in [-0.15, -0.1) is 0 Å². The molecule has 5 nitrogen and oxygen atoms in total. The average molecular weight is 294 g/mol. The highest BCUT2D eigenvalue weighted by Gasteiger charge is 2.27. The molecule has 0 amide bonds. The molecule has 0 spiro atoms. The number of ether oxygens (including phenoxy) is 1. The molecule has 0 aromatic heterocycles. The van der Waals surface area contributed by atoms with Crippen LogP contribution in [0.5, 0.6) is 0 Å². The van der Waals surface area contributed by atoms with Gasteiger partial charge in [-0.2, -0.15) is 9.57 Å². The molecular weight excluding hydrogens is 276 g/mol. The van der Waals surface area contributed by atoms with Crippen molar-refractivity contribution in [1.82, 2.24) is 4.31 Å². The Balaban J connectivity index is 2.19. The van der Waals surface area contributed by atoms with E-state index in [1.54, 1.807) is 0 Å². The van der Waals surface area contributed by atoms with Gasteiger partial charge in [-0.05, 0) is 37.1 Å². The molecule has 0 radical (unpaired) electrons. The zero-order chi connectivity index (χ0) is 14.6. The molecule has 1 heterocycles. The lowest BCUT2D eigenvalue weighted by Gasteiger charge is -2.23. The molecule has 0 saturated carbocycles. The smallest absolute Gasteiger partial charge is 0.243 e. The quantitative estimate of drug-likeness (QED) is 0.829. The van der Waals surface area contributed by atoms with Crippen LogP contribution >= 0.6 is 0 Å². The molecule has 6 heteroatoms. The molecular formula is C14H18N2O3S. The monoisotopic (exact) mass is 294 g/mol. The van der Waals surface area contributed by atoms with Crippen LogP contribution in [-0.4, -0.2) is 38.5 Å². The van der Waals surface area contributed by atoms with E-state index in [4.69, 9.17) is 10.00 Å². The second-order valence-corrected chi connectivity index (χ2v) is 6.66. The van der Waals surface area contributed by atoms with Crippen LogP contribution in [0.1, 0.15) is 25.3 Å². The standard InChI is InChI=1S/C14H18N2O3S/c1-2-16(11-13-4-3-9-19-13)20(17,18)14-7-5-12(10-15)6-8-14/h5-8,13H,2-4,9,11H2,1H3. The minimum Gasteiger partial charge on any atom is -0.377 e. The van der Waals surface area contributed by atoms with Crippen LogP contribution in [0, 0.1) is 11.3 Å². The maximum atomic E-state index is 12.5. The Bertz CT molecular complexity index is 584. The summed E-state index contributed by atoms with van der Waals surface area (Å²) in [5.74, 6) is 0. The first-order valence-electron chi connectivity index (χ1n) is 6.70. The van der Waals surface area contributed by atoms with Crippen molar-refractivity contribution >= 4 is 10.0 Å². The maximum Gasteiger partial charge on any atom is 0.243 e. The van der Waals surface area contributed by atoms with Gasteiger partial charge in [-0.25, -0.2) is 8.42 Å². The molecule has 1 aromatic carbocycles. The zero-order valence-corrected chi connectivity index (χ0v) is 12.3. The molecule has 20 heavy (non-hydrogen) atoms. The first-order chi connectivity index (χ1) is 9.57. The average Bonchev–Trinajstić information content (AvgIpc) is 2.97. The number of nitrogens with zero attached hydrogens (tertiary/aromatic N) is 2. The Morgan fingerprint density at radius 3 is 2.60 bits per heavy atom. The topological polar surface area (TPSA) is 70.4 Å². The SMILES string of the molecule is CCN(CC1CCCO1)S(=O)(=O)c1ccc(C#N)cc1. The highest BCUT2D eigenvalue weighted by atomic mass is 32.2. The molecule has 1 atom stereocenters. The number of sulfonamides is 1. The predicted molar refractivity (Wildman–Crippen MR) is 74.6 cm³/mol. The molecule has 1 fully saturated rings. The first kappa shape index (κ1) is 15.0. The first-order valence-corrected chi connectivity index (χ1v) is 8.14. The van der Waals surface area contributed by atoms with Crippen LogP contribution in [0.3, 0.4) is 0 Å². The molecule has 2 rings (SSSR count). The van der Waals surface area contributed by atoms with Gasteiger partial charge in [0.15, 0.2) is 0 Å². The third kappa shape index (κ3) is 3.18. The summed E-state index contributed by atoms with van der Waals surface area (Å²) < 4.78 is 32.0. The lowest BCUT2D eigenvalue weighted by atomic mass is 10.2. The van der Waals surface area contributed by atoms with Crippen molar-refractivity contribution < 1.29 is 13.2 Å². The van der Waals surface area contributed by atoms with Gasteiger partial charge in [0.1, 0.15) is 0 Å². The fourth-order valence-corrected chi connectivity index (χ4v) is 3.74. The van der Waals surface area contributed by atoms with Crippen molar-refractivity contribution in [1.29, 1.82) is 5.26 Å². The van der Waals surface area contributed by atoms with E-state index in [1.807, 2.05) is 13.0 Å². The van der Waals surface area contributed by atoms with Gasteiger partial charge in [0.25, 0.3) is 0 Å². The molecule has 1 aromatic rings. The summed E-state index contributed by atoms with van der Waals surface area (Å²) in [5.41, 5.74) is 0.450. The summed E-state index contributed by atoms with van der Waals surface area (Å²) in [5, 5.41) is 8.75. The normalized spacial score (nSPS) is 19.1. The molecule has 1 saturated heterocycles. The van der Waals surface area contributed by atoms with E-state index in [0.717, 1.165) is 12.8 Å². The molecule has 108 valence electrons. The van der Waals surface area contributed by atoms with Crippen LogP contribution in [0.25, 0.3) is 0 Å². The lowest BCUT2D eigenvalue weighted by Crippen LogP contribution is -2.37. The molecule has 1 aliphatic heterocycles. The Morgan fingerprint density at radius 2 is 2.10 bits per heavy atom. The largest absolute Gasteiger partial charge is 0.377 e. The van der Waals surface area contributed by atoms with E-state index >= 15 is 0 Å². The van der Waals surface area contributed by atoms with Gasteiger partial charge < -0.3 is 4.74 Å². The van der Waals surface area contributed by atoms with Gasteiger partial charge >= 0.3 is 0 Å². The van der Waals surface area contributed by atoms with Crippen molar-refractivity contribution in [2.24, 2.45) is 0 Å². The summed E-state index contributed by atoms with van der Waals surface area (Å²) in [6.45, 7) is 3.32. The van der Waals surface area contributed by atoms with E-state index in [0.29, 0.717) is 25.3 Å². The number of hydrogen-bond donors (Lipinski definition) is 0. The zero-order valence-electron chi connectivity index (χ0n) is 11.4. The predicted octanol–water partition coefficient (Wildman–Crippen LogP) is 1.75. The number of hydrogen-bond acceptors (Lipinski definition) is 4. The van der Waals surface area contributed by atoms with Crippen molar-refractivity contribution in [2.75, 3.05) is 19.7 Å². The third-order valence-corrected chi connectivity index (χ3v) is 5.36. The molecule has 0 N–H and O–H groups in total. The summed E-state index contributed by atoms with van der Waals surface area (Å²) in [6.07, 6.45) is 1.88. The van der Waals surface area contributed by atoms with Gasteiger partial charge in [0.2, 0.25) is 10.0 Å². The van der Waals surface area contributed by atoms with E-state index < -0.39 is 10.0 Å². The van der Waals surface area contributed by atoms with E-state index in [1.165, 1.54) is 28.6 Å². The fourth-order valence-electron chi connectivity index (χ4n) is 2.26.